The largest absolute Gasteiger partial charge is 0.323 e. The van der Waals surface area contributed by atoms with E-state index in [2.05, 4.69) is 9.71 Å². The number of hydrogen-bond donors (Lipinski definition) is 2. The summed E-state index contributed by atoms with van der Waals surface area (Å²) in [6, 6.07) is 7.95. The Hall–Kier alpha value is -1.44. The van der Waals surface area contributed by atoms with E-state index in [1.807, 2.05) is 0 Å². The van der Waals surface area contributed by atoms with E-state index in [1.165, 1.54) is 23.5 Å². The van der Waals surface area contributed by atoms with Gasteiger partial charge in [0.05, 0.1) is 10.6 Å². The molecule has 1 atom stereocenters. The first-order chi connectivity index (χ1) is 8.49. The molecule has 18 heavy (non-hydrogen) atoms. The zero-order valence-corrected chi connectivity index (χ0v) is 11.3. The Morgan fingerprint density at radius 3 is 2.56 bits per heavy atom. The fourth-order valence-corrected chi connectivity index (χ4v) is 3.40. The summed E-state index contributed by atoms with van der Waals surface area (Å²) in [6.07, 6.45) is 0. The Morgan fingerprint density at radius 1 is 1.33 bits per heavy atom. The van der Waals surface area contributed by atoms with Crippen LogP contribution >= 0.6 is 11.3 Å². The molecular weight excluding hydrogens is 270 g/mol. The van der Waals surface area contributed by atoms with E-state index in [0.717, 1.165) is 0 Å². The van der Waals surface area contributed by atoms with Gasteiger partial charge in [-0.2, -0.15) is 0 Å². The van der Waals surface area contributed by atoms with Crippen molar-refractivity contribution in [2.75, 3.05) is 4.72 Å². The highest BCUT2D eigenvalue weighted by Gasteiger charge is 2.16. The maximum Gasteiger partial charge on any atom is 0.263 e. The van der Waals surface area contributed by atoms with Crippen molar-refractivity contribution in [2.45, 2.75) is 17.9 Å². The molecule has 2 aromatic rings. The van der Waals surface area contributed by atoms with Gasteiger partial charge in [0, 0.05) is 11.4 Å². The molecule has 1 unspecified atom stereocenters. The van der Waals surface area contributed by atoms with Gasteiger partial charge in [-0.15, -0.1) is 11.3 Å². The van der Waals surface area contributed by atoms with E-state index in [4.69, 9.17) is 5.73 Å². The van der Waals surface area contributed by atoms with E-state index in [1.54, 1.807) is 30.5 Å². The summed E-state index contributed by atoms with van der Waals surface area (Å²) in [7, 11) is -3.57. The minimum absolute atomic E-state index is 0.211. The second-order valence-electron chi connectivity index (χ2n) is 3.78. The molecule has 2 rings (SSSR count). The second kappa shape index (κ2) is 5.05. The minimum Gasteiger partial charge on any atom is -0.323 e. The highest BCUT2D eigenvalue weighted by atomic mass is 32.2. The van der Waals surface area contributed by atoms with Gasteiger partial charge in [0.2, 0.25) is 0 Å². The van der Waals surface area contributed by atoms with Gasteiger partial charge in [-0.1, -0.05) is 18.2 Å². The molecule has 1 aromatic heterocycles. The molecule has 1 aromatic carbocycles. The summed E-state index contributed by atoms with van der Waals surface area (Å²) >= 11 is 1.22. The monoisotopic (exact) mass is 283 g/mol. The SMILES string of the molecule is CC(N)c1csc(NS(=O)(=O)c2ccccc2)n1. The first kappa shape index (κ1) is 13.0. The molecule has 0 fully saturated rings. The Balaban J connectivity index is 2.23. The van der Waals surface area contributed by atoms with Gasteiger partial charge in [-0.25, -0.2) is 13.4 Å². The van der Waals surface area contributed by atoms with Crippen LogP contribution in [0.3, 0.4) is 0 Å². The van der Waals surface area contributed by atoms with Crippen molar-refractivity contribution >= 4 is 26.5 Å². The third-order valence-corrected chi connectivity index (χ3v) is 4.52. The third kappa shape index (κ3) is 2.87. The standard InChI is InChI=1S/C11H13N3O2S2/c1-8(12)10-7-17-11(13-10)14-18(15,16)9-5-3-2-4-6-9/h2-8H,12H2,1H3,(H,13,14). The van der Waals surface area contributed by atoms with Gasteiger partial charge < -0.3 is 5.73 Å². The summed E-state index contributed by atoms with van der Waals surface area (Å²) in [5, 5.41) is 2.07. The molecule has 0 amide bonds. The molecule has 5 nitrogen and oxygen atoms in total. The van der Waals surface area contributed by atoms with Crippen LogP contribution in [0.2, 0.25) is 0 Å². The molecule has 0 bridgehead atoms. The fraction of sp³-hybridized carbons (Fsp3) is 0.182. The molecule has 0 saturated heterocycles. The summed E-state index contributed by atoms with van der Waals surface area (Å²) in [5.74, 6) is 0. The van der Waals surface area contributed by atoms with Crippen molar-refractivity contribution in [1.29, 1.82) is 0 Å². The average Bonchev–Trinajstić information content (AvgIpc) is 2.78. The van der Waals surface area contributed by atoms with Crippen LogP contribution in [0.1, 0.15) is 18.7 Å². The predicted molar refractivity (Wildman–Crippen MR) is 72.0 cm³/mol. The molecule has 0 saturated carbocycles. The quantitative estimate of drug-likeness (QED) is 0.898. The number of sulfonamides is 1. The molecule has 1 heterocycles. The fourth-order valence-electron chi connectivity index (χ4n) is 1.32. The van der Waals surface area contributed by atoms with E-state index < -0.39 is 10.0 Å². The van der Waals surface area contributed by atoms with E-state index in [9.17, 15) is 8.42 Å². The molecule has 0 aliphatic carbocycles. The van der Waals surface area contributed by atoms with E-state index in [0.29, 0.717) is 10.8 Å². The van der Waals surface area contributed by atoms with Gasteiger partial charge in [-0.05, 0) is 19.1 Å². The number of benzene rings is 1. The summed E-state index contributed by atoms with van der Waals surface area (Å²) in [5.41, 5.74) is 6.34. The maximum atomic E-state index is 12.0. The first-order valence-corrected chi connectivity index (χ1v) is 7.64. The molecule has 7 heteroatoms. The lowest BCUT2D eigenvalue weighted by Crippen LogP contribution is -2.13. The van der Waals surface area contributed by atoms with Crippen molar-refractivity contribution in [3.8, 4) is 0 Å². The van der Waals surface area contributed by atoms with Crippen LogP contribution in [0, 0.1) is 0 Å². The van der Waals surface area contributed by atoms with Crippen LogP contribution in [-0.4, -0.2) is 13.4 Å². The highest BCUT2D eigenvalue weighted by Crippen LogP contribution is 2.22. The van der Waals surface area contributed by atoms with Crippen molar-refractivity contribution < 1.29 is 8.42 Å². The molecule has 0 aliphatic rings. The van der Waals surface area contributed by atoms with Crippen molar-refractivity contribution in [3.05, 3.63) is 41.4 Å². The number of nitrogens with two attached hydrogens (primary N) is 1. The van der Waals surface area contributed by atoms with E-state index >= 15 is 0 Å². The van der Waals surface area contributed by atoms with Crippen LogP contribution in [0.5, 0.6) is 0 Å². The van der Waals surface area contributed by atoms with Crippen molar-refractivity contribution in [1.82, 2.24) is 4.98 Å². The summed E-state index contributed by atoms with van der Waals surface area (Å²) < 4.78 is 26.4. The Bertz CT molecular complexity index is 621. The van der Waals surface area contributed by atoms with Crippen LogP contribution in [0.4, 0.5) is 5.13 Å². The van der Waals surface area contributed by atoms with Crippen molar-refractivity contribution in [2.24, 2.45) is 5.73 Å². The van der Waals surface area contributed by atoms with E-state index in [-0.39, 0.29) is 10.9 Å². The molecule has 0 aliphatic heterocycles. The Labute approximate surface area is 110 Å². The maximum absolute atomic E-state index is 12.0. The lowest BCUT2D eigenvalue weighted by molar-refractivity contribution is 0.601. The van der Waals surface area contributed by atoms with Gasteiger partial charge >= 0.3 is 0 Å². The lowest BCUT2D eigenvalue weighted by atomic mass is 10.3. The molecule has 96 valence electrons. The minimum atomic E-state index is -3.57. The van der Waals surface area contributed by atoms with Gasteiger partial charge in [-0.3, -0.25) is 4.72 Å². The first-order valence-electron chi connectivity index (χ1n) is 5.28. The number of thiazole rings is 1. The van der Waals surface area contributed by atoms with Gasteiger partial charge in [0.1, 0.15) is 0 Å². The number of hydrogen-bond acceptors (Lipinski definition) is 5. The second-order valence-corrected chi connectivity index (χ2v) is 6.33. The van der Waals surface area contributed by atoms with Crippen LogP contribution in [0.15, 0.2) is 40.6 Å². The number of anilines is 1. The smallest absolute Gasteiger partial charge is 0.263 e. The Kier molecular flexibility index (Phi) is 3.65. The number of nitrogens with zero attached hydrogens (tertiary/aromatic N) is 1. The molecule has 3 N–H and O–H groups in total. The van der Waals surface area contributed by atoms with Crippen LogP contribution < -0.4 is 10.5 Å². The lowest BCUT2D eigenvalue weighted by Gasteiger charge is -2.04. The Morgan fingerprint density at radius 2 is 2.00 bits per heavy atom. The number of rotatable bonds is 4. The molecule has 0 spiro atoms. The predicted octanol–water partition coefficient (Wildman–Crippen LogP) is 1.96. The summed E-state index contributed by atoms with van der Waals surface area (Å²) in [4.78, 5) is 4.33. The number of aromatic nitrogens is 1. The van der Waals surface area contributed by atoms with Gasteiger partial charge in [0.25, 0.3) is 10.0 Å². The highest BCUT2D eigenvalue weighted by molar-refractivity contribution is 7.93. The molecule has 0 radical (unpaired) electrons. The van der Waals surface area contributed by atoms with Crippen LogP contribution in [0.25, 0.3) is 0 Å². The summed E-state index contributed by atoms with van der Waals surface area (Å²) in [6.45, 7) is 1.80. The zero-order valence-electron chi connectivity index (χ0n) is 9.70. The average molecular weight is 283 g/mol. The number of nitrogens with one attached hydrogen (secondary N) is 1. The topological polar surface area (TPSA) is 85.1 Å². The zero-order chi connectivity index (χ0) is 13.2. The van der Waals surface area contributed by atoms with Crippen LogP contribution in [-0.2, 0) is 10.0 Å². The third-order valence-electron chi connectivity index (χ3n) is 2.26. The van der Waals surface area contributed by atoms with Crippen molar-refractivity contribution in [3.63, 3.8) is 0 Å². The normalized spacial score (nSPS) is 13.2. The molecular formula is C11H13N3O2S2. The van der Waals surface area contributed by atoms with Gasteiger partial charge in [0.15, 0.2) is 5.13 Å².